The fourth-order valence-corrected chi connectivity index (χ4v) is 4.03. The maximum atomic E-state index is 9.72. The smallest absolute Gasteiger partial charge is 0.0613 e. The summed E-state index contributed by atoms with van der Waals surface area (Å²) in [5.74, 6) is 0. The van der Waals surface area contributed by atoms with Crippen LogP contribution in [0.3, 0.4) is 0 Å². The van der Waals surface area contributed by atoms with Gasteiger partial charge in [0.1, 0.15) is 0 Å². The first-order valence-electron chi connectivity index (χ1n) is 7.14. The molecule has 0 aliphatic heterocycles. The molecule has 2 nitrogen and oxygen atoms in total. The number of hydrogen-bond donors (Lipinski definition) is 2. The van der Waals surface area contributed by atoms with Crippen molar-refractivity contribution >= 4 is 21.4 Å². The number of aliphatic hydroxyl groups is 1. The third kappa shape index (κ3) is 2.69. The summed E-state index contributed by atoms with van der Waals surface area (Å²) in [5.41, 5.74) is 1.32. The predicted molar refractivity (Wildman–Crippen MR) is 81.6 cm³/mol. The van der Waals surface area contributed by atoms with Crippen LogP contribution in [0.2, 0.25) is 0 Å². The zero-order chi connectivity index (χ0) is 13.1. The highest BCUT2D eigenvalue weighted by Crippen LogP contribution is 2.30. The maximum absolute atomic E-state index is 9.72. The van der Waals surface area contributed by atoms with Gasteiger partial charge in [0.05, 0.1) is 6.61 Å². The van der Waals surface area contributed by atoms with E-state index in [1.165, 1.54) is 34.9 Å². The van der Waals surface area contributed by atoms with Crippen molar-refractivity contribution in [3.05, 3.63) is 35.2 Å². The Morgan fingerprint density at radius 3 is 2.74 bits per heavy atom. The minimum absolute atomic E-state index is 0.0404. The van der Waals surface area contributed by atoms with E-state index in [-0.39, 0.29) is 12.1 Å². The molecule has 0 radical (unpaired) electrons. The molecule has 19 heavy (non-hydrogen) atoms. The van der Waals surface area contributed by atoms with Gasteiger partial charge in [-0.1, -0.05) is 37.5 Å². The lowest BCUT2D eigenvalue weighted by atomic mass is 9.82. The van der Waals surface area contributed by atoms with Crippen molar-refractivity contribution in [2.45, 2.75) is 44.2 Å². The van der Waals surface area contributed by atoms with Crippen LogP contribution in [0.1, 0.15) is 37.7 Å². The first-order chi connectivity index (χ1) is 9.33. The fraction of sp³-hybridized carbons (Fsp3) is 0.500. The van der Waals surface area contributed by atoms with Gasteiger partial charge in [0.15, 0.2) is 0 Å². The van der Waals surface area contributed by atoms with Crippen molar-refractivity contribution in [3.63, 3.8) is 0 Å². The van der Waals surface area contributed by atoms with E-state index in [2.05, 4.69) is 35.0 Å². The number of nitrogens with one attached hydrogen (secondary N) is 1. The number of thiophene rings is 1. The summed E-state index contributed by atoms with van der Waals surface area (Å²) in [7, 11) is 0. The van der Waals surface area contributed by atoms with Crippen molar-refractivity contribution in [1.29, 1.82) is 0 Å². The van der Waals surface area contributed by atoms with E-state index in [0.717, 1.165) is 19.4 Å². The largest absolute Gasteiger partial charge is 0.394 e. The van der Waals surface area contributed by atoms with Crippen molar-refractivity contribution < 1.29 is 5.11 Å². The van der Waals surface area contributed by atoms with E-state index in [1.807, 2.05) is 0 Å². The molecule has 1 aliphatic rings. The highest BCUT2D eigenvalue weighted by Gasteiger charge is 2.30. The zero-order valence-corrected chi connectivity index (χ0v) is 12.0. The molecule has 102 valence electrons. The Hall–Kier alpha value is -0.900. The van der Waals surface area contributed by atoms with E-state index in [9.17, 15) is 5.11 Å². The molecular formula is C16H21NOS. The lowest BCUT2D eigenvalue weighted by molar-refractivity contribution is 0.119. The standard InChI is InChI=1S/C16H21NOS/c18-12-16(8-4-1-5-9-16)17-10-13-11-19-15-7-3-2-6-14(13)15/h2-3,6-7,11,17-18H,1,4-5,8-10,12H2. The average molecular weight is 275 g/mol. The molecule has 0 saturated heterocycles. The van der Waals surface area contributed by atoms with Gasteiger partial charge in [-0.2, -0.15) is 0 Å². The van der Waals surface area contributed by atoms with Gasteiger partial charge in [0.2, 0.25) is 0 Å². The fourth-order valence-electron chi connectivity index (χ4n) is 3.07. The van der Waals surface area contributed by atoms with Gasteiger partial charge in [0.25, 0.3) is 0 Å². The topological polar surface area (TPSA) is 32.3 Å². The van der Waals surface area contributed by atoms with Crippen LogP contribution in [0.15, 0.2) is 29.6 Å². The number of fused-ring (bicyclic) bond motifs is 1. The van der Waals surface area contributed by atoms with E-state index in [0.29, 0.717) is 0 Å². The van der Waals surface area contributed by atoms with Crippen LogP contribution < -0.4 is 5.32 Å². The molecule has 0 bridgehead atoms. The number of aliphatic hydroxyl groups excluding tert-OH is 1. The second kappa shape index (κ2) is 5.61. The van der Waals surface area contributed by atoms with Gasteiger partial charge >= 0.3 is 0 Å². The quantitative estimate of drug-likeness (QED) is 0.892. The van der Waals surface area contributed by atoms with Crippen LogP contribution in [0.5, 0.6) is 0 Å². The van der Waals surface area contributed by atoms with Crippen LogP contribution in [-0.2, 0) is 6.54 Å². The summed E-state index contributed by atoms with van der Waals surface area (Å²) in [6.45, 7) is 1.12. The first kappa shape index (κ1) is 13.1. The number of hydrogen-bond acceptors (Lipinski definition) is 3. The molecular weight excluding hydrogens is 254 g/mol. The highest BCUT2D eigenvalue weighted by atomic mass is 32.1. The lowest BCUT2D eigenvalue weighted by Gasteiger charge is -2.36. The number of rotatable bonds is 4. The SMILES string of the molecule is OCC1(NCc2csc3ccccc23)CCCCC1. The second-order valence-corrected chi connectivity index (χ2v) is 6.52. The summed E-state index contributed by atoms with van der Waals surface area (Å²) in [4.78, 5) is 0. The summed E-state index contributed by atoms with van der Waals surface area (Å²) >= 11 is 1.80. The van der Waals surface area contributed by atoms with Crippen LogP contribution in [0, 0.1) is 0 Å². The Morgan fingerprint density at radius 1 is 1.16 bits per heavy atom. The van der Waals surface area contributed by atoms with Crippen molar-refractivity contribution in [1.82, 2.24) is 5.32 Å². The van der Waals surface area contributed by atoms with Gasteiger partial charge in [-0.25, -0.2) is 0 Å². The number of benzene rings is 1. The molecule has 0 amide bonds. The molecule has 3 rings (SSSR count). The lowest BCUT2D eigenvalue weighted by Crippen LogP contribution is -2.49. The van der Waals surface area contributed by atoms with Gasteiger partial charge in [-0.05, 0) is 35.2 Å². The summed E-state index contributed by atoms with van der Waals surface area (Å²) in [6, 6.07) is 8.55. The summed E-state index contributed by atoms with van der Waals surface area (Å²) in [6.07, 6.45) is 5.98. The highest BCUT2D eigenvalue weighted by molar-refractivity contribution is 7.17. The van der Waals surface area contributed by atoms with Crippen LogP contribution in [-0.4, -0.2) is 17.3 Å². The predicted octanol–water partition coefficient (Wildman–Crippen LogP) is 3.69. The second-order valence-electron chi connectivity index (χ2n) is 5.61. The monoisotopic (exact) mass is 275 g/mol. The first-order valence-corrected chi connectivity index (χ1v) is 8.02. The molecule has 2 N–H and O–H groups in total. The molecule has 1 saturated carbocycles. The van der Waals surface area contributed by atoms with Crippen molar-refractivity contribution in [3.8, 4) is 0 Å². The Balaban J connectivity index is 1.74. The molecule has 2 aromatic rings. The Labute approximate surface area is 118 Å². The Bertz CT molecular complexity index is 542. The zero-order valence-electron chi connectivity index (χ0n) is 11.2. The molecule has 0 atom stereocenters. The van der Waals surface area contributed by atoms with E-state index >= 15 is 0 Å². The summed E-state index contributed by atoms with van der Waals surface area (Å²) < 4.78 is 1.35. The van der Waals surface area contributed by atoms with Gasteiger partial charge in [0, 0.05) is 16.8 Å². The van der Waals surface area contributed by atoms with Gasteiger partial charge in [-0.3, -0.25) is 0 Å². The molecule has 1 aromatic carbocycles. The molecule has 1 aliphatic carbocycles. The Morgan fingerprint density at radius 2 is 1.95 bits per heavy atom. The van der Waals surface area contributed by atoms with E-state index < -0.39 is 0 Å². The summed E-state index contributed by atoms with van der Waals surface area (Å²) in [5, 5.41) is 17.0. The average Bonchev–Trinajstić information content (AvgIpc) is 2.89. The molecule has 0 spiro atoms. The van der Waals surface area contributed by atoms with Gasteiger partial charge < -0.3 is 10.4 Å². The maximum Gasteiger partial charge on any atom is 0.0613 e. The Kier molecular flexibility index (Phi) is 3.87. The minimum Gasteiger partial charge on any atom is -0.394 e. The third-order valence-corrected chi connectivity index (χ3v) is 5.34. The van der Waals surface area contributed by atoms with Crippen LogP contribution in [0.4, 0.5) is 0 Å². The van der Waals surface area contributed by atoms with Crippen LogP contribution in [0.25, 0.3) is 10.1 Å². The minimum atomic E-state index is -0.0404. The molecule has 3 heteroatoms. The van der Waals surface area contributed by atoms with E-state index in [1.54, 1.807) is 11.3 Å². The molecule has 0 unspecified atom stereocenters. The van der Waals surface area contributed by atoms with Crippen LogP contribution >= 0.6 is 11.3 Å². The normalized spacial score (nSPS) is 18.8. The van der Waals surface area contributed by atoms with Gasteiger partial charge in [-0.15, -0.1) is 11.3 Å². The van der Waals surface area contributed by atoms with E-state index in [4.69, 9.17) is 0 Å². The van der Waals surface area contributed by atoms with Crippen molar-refractivity contribution in [2.75, 3.05) is 6.61 Å². The molecule has 1 fully saturated rings. The third-order valence-electron chi connectivity index (χ3n) is 4.33. The van der Waals surface area contributed by atoms with Crippen molar-refractivity contribution in [2.24, 2.45) is 0 Å². The molecule has 1 heterocycles. The molecule has 1 aromatic heterocycles.